The molecule has 3 N–H and O–H groups in total. The molecule has 3 atom stereocenters. The SMILES string of the molecule is NC(=O)c1cn([C@H]2CCCC[C@@H]2C2C=N2)nc1Nc1ccc(C(F)(F)F)nc1. The largest absolute Gasteiger partial charge is 0.433 e. The van der Waals surface area contributed by atoms with Gasteiger partial charge >= 0.3 is 6.18 Å². The van der Waals surface area contributed by atoms with Crippen molar-refractivity contribution < 1.29 is 18.0 Å². The second kappa shape index (κ2) is 6.92. The van der Waals surface area contributed by atoms with Crippen LogP contribution in [0.5, 0.6) is 0 Å². The molecule has 2 aromatic heterocycles. The average molecular weight is 392 g/mol. The van der Waals surface area contributed by atoms with Crippen molar-refractivity contribution in [1.82, 2.24) is 14.8 Å². The summed E-state index contributed by atoms with van der Waals surface area (Å²) in [5.74, 6) is -0.131. The molecule has 10 heteroatoms. The normalized spacial score (nSPS) is 24.2. The Bertz CT molecular complexity index is 899. The first-order valence-electron chi connectivity index (χ1n) is 9.05. The lowest BCUT2D eigenvalue weighted by atomic mass is 9.82. The van der Waals surface area contributed by atoms with Crippen molar-refractivity contribution in [2.45, 2.75) is 43.9 Å². The molecule has 0 aromatic carbocycles. The van der Waals surface area contributed by atoms with Gasteiger partial charge in [-0.3, -0.25) is 14.5 Å². The second-order valence-corrected chi connectivity index (χ2v) is 7.09. The average Bonchev–Trinajstić information content (AvgIpc) is 3.42. The smallest absolute Gasteiger partial charge is 0.365 e. The van der Waals surface area contributed by atoms with E-state index in [1.807, 2.05) is 6.21 Å². The predicted octanol–water partition coefficient (Wildman–Crippen LogP) is 3.32. The molecule has 1 unspecified atom stereocenters. The number of hydrogen-bond acceptors (Lipinski definition) is 5. The number of pyridine rings is 1. The number of primary amides is 1. The van der Waals surface area contributed by atoms with E-state index in [4.69, 9.17) is 5.73 Å². The molecule has 1 saturated carbocycles. The van der Waals surface area contributed by atoms with Crippen molar-refractivity contribution in [3.8, 4) is 0 Å². The maximum Gasteiger partial charge on any atom is 0.433 e. The highest BCUT2D eigenvalue weighted by atomic mass is 19.4. The van der Waals surface area contributed by atoms with E-state index in [1.54, 1.807) is 10.9 Å². The zero-order valence-corrected chi connectivity index (χ0v) is 14.9. The van der Waals surface area contributed by atoms with Crippen LogP contribution >= 0.6 is 0 Å². The first-order valence-corrected chi connectivity index (χ1v) is 9.05. The number of anilines is 2. The second-order valence-electron chi connectivity index (χ2n) is 7.09. The minimum absolute atomic E-state index is 0.0978. The van der Waals surface area contributed by atoms with Gasteiger partial charge in [0, 0.05) is 18.3 Å². The summed E-state index contributed by atoms with van der Waals surface area (Å²) in [6.45, 7) is 0. The number of carbonyl (C=O) groups is 1. The number of alkyl halides is 3. The van der Waals surface area contributed by atoms with E-state index in [1.165, 1.54) is 6.07 Å². The van der Waals surface area contributed by atoms with Gasteiger partial charge in [-0.25, -0.2) is 4.98 Å². The highest BCUT2D eigenvalue weighted by molar-refractivity contribution is 5.98. The summed E-state index contributed by atoms with van der Waals surface area (Å²) in [4.78, 5) is 19.6. The molecule has 2 aliphatic rings. The first kappa shape index (κ1) is 18.5. The zero-order chi connectivity index (χ0) is 19.9. The number of carbonyl (C=O) groups excluding carboxylic acids is 1. The highest BCUT2D eigenvalue weighted by Crippen LogP contribution is 2.39. The van der Waals surface area contributed by atoms with Gasteiger partial charge in [-0.1, -0.05) is 12.8 Å². The fourth-order valence-electron chi connectivity index (χ4n) is 3.74. The van der Waals surface area contributed by atoms with Crippen molar-refractivity contribution in [2.24, 2.45) is 16.6 Å². The van der Waals surface area contributed by atoms with E-state index < -0.39 is 17.8 Å². The van der Waals surface area contributed by atoms with E-state index in [9.17, 15) is 18.0 Å². The van der Waals surface area contributed by atoms with Crippen LogP contribution < -0.4 is 11.1 Å². The molecule has 1 aliphatic carbocycles. The Balaban J connectivity index is 1.59. The number of amides is 1. The molecule has 0 spiro atoms. The summed E-state index contributed by atoms with van der Waals surface area (Å²) in [6, 6.07) is 2.43. The van der Waals surface area contributed by atoms with E-state index in [-0.39, 0.29) is 29.2 Å². The third-order valence-electron chi connectivity index (χ3n) is 5.20. The summed E-state index contributed by atoms with van der Waals surface area (Å²) < 4.78 is 39.7. The van der Waals surface area contributed by atoms with Gasteiger partial charge in [0.05, 0.1) is 24.0 Å². The molecule has 1 aliphatic heterocycles. The van der Waals surface area contributed by atoms with Crippen LogP contribution in [-0.4, -0.2) is 32.9 Å². The molecule has 0 saturated heterocycles. The van der Waals surface area contributed by atoms with Crippen molar-refractivity contribution in [3.05, 3.63) is 35.8 Å². The summed E-state index contributed by atoms with van der Waals surface area (Å²) >= 11 is 0. The number of hydrogen-bond donors (Lipinski definition) is 2. The lowest BCUT2D eigenvalue weighted by molar-refractivity contribution is -0.141. The van der Waals surface area contributed by atoms with Gasteiger partial charge in [0.2, 0.25) is 0 Å². The van der Waals surface area contributed by atoms with Gasteiger partial charge < -0.3 is 11.1 Å². The molecule has 28 heavy (non-hydrogen) atoms. The van der Waals surface area contributed by atoms with Crippen LogP contribution in [0.2, 0.25) is 0 Å². The monoisotopic (exact) mass is 392 g/mol. The number of nitrogens with one attached hydrogen (secondary N) is 1. The van der Waals surface area contributed by atoms with Crippen LogP contribution in [0.1, 0.15) is 47.8 Å². The van der Waals surface area contributed by atoms with E-state index in [0.717, 1.165) is 37.9 Å². The van der Waals surface area contributed by atoms with Gasteiger partial charge in [-0.2, -0.15) is 18.3 Å². The van der Waals surface area contributed by atoms with Crippen molar-refractivity contribution >= 4 is 23.6 Å². The van der Waals surface area contributed by atoms with Crippen molar-refractivity contribution in [2.75, 3.05) is 5.32 Å². The van der Waals surface area contributed by atoms with Gasteiger partial charge in [0.25, 0.3) is 5.91 Å². The Labute approximate surface area is 158 Å². The quantitative estimate of drug-likeness (QED) is 0.815. The maximum atomic E-state index is 12.7. The van der Waals surface area contributed by atoms with Crippen molar-refractivity contribution in [3.63, 3.8) is 0 Å². The Hall–Kier alpha value is -2.91. The fourth-order valence-corrected chi connectivity index (χ4v) is 3.74. The minimum atomic E-state index is -4.51. The van der Waals surface area contributed by atoms with E-state index >= 15 is 0 Å². The Morgan fingerprint density at radius 2 is 2.00 bits per heavy atom. The van der Waals surface area contributed by atoms with Crippen LogP contribution in [0.25, 0.3) is 0 Å². The van der Waals surface area contributed by atoms with Gasteiger partial charge in [-0.05, 0) is 25.0 Å². The Morgan fingerprint density at radius 3 is 2.61 bits per heavy atom. The maximum absolute atomic E-state index is 12.7. The van der Waals surface area contributed by atoms with Crippen LogP contribution in [0, 0.1) is 5.92 Å². The highest BCUT2D eigenvalue weighted by Gasteiger charge is 2.37. The van der Waals surface area contributed by atoms with E-state index in [2.05, 4.69) is 20.4 Å². The number of aromatic nitrogens is 3. The van der Waals surface area contributed by atoms with Crippen LogP contribution in [0.4, 0.5) is 24.7 Å². The fraction of sp³-hybridized carbons (Fsp3) is 0.444. The minimum Gasteiger partial charge on any atom is -0.365 e. The molecule has 1 amide bonds. The Kier molecular flexibility index (Phi) is 4.56. The summed E-state index contributed by atoms with van der Waals surface area (Å²) in [7, 11) is 0. The lowest BCUT2D eigenvalue weighted by Gasteiger charge is -2.31. The van der Waals surface area contributed by atoms with Gasteiger partial charge in [0.1, 0.15) is 11.3 Å². The summed E-state index contributed by atoms with van der Waals surface area (Å²) in [6.07, 6.45) is 4.21. The standard InChI is InChI=1S/C18H19F3N6O/c19-18(20,21)15-6-5-10(7-24-15)25-17-12(16(22)28)9-27(26-17)14-4-2-1-3-11(14)13-8-23-13/h5-9,11,13-14H,1-4H2,(H2,22,28)(H,25,26)/t11-,13?,14+/m1/s1. The number of aliphatic imine (C=N–C) groups is 1. The third-order valence-corrected chi connectivity index (χ3v) is 5.20. The number of nitrogens with two attached hydrogens (primary N) is 1. The molecule has 3 heterocycles. The van der Waals surface area contributed by atoms with Crippen LogP contribution in [0.15, 0.2) is 29.5 Å². The summed E-state index contributed by atoms with van der Waals surface area (Å²) in [5.41, 5.74) is 4.95. The topological polar surface area (TPSA) is 98.2 Å². The first-order chi connectivity index (χ1) is 13.3. The molecule has 148 valence electrons. The number of rotatable bonds is 5. The van der Waals surface area contributed by atoms with Crippen LogP contribution in [0.3, 0.4) is 0 Å². The number of nitrogens with zero attached hydrogens (tertiary/aromatic N) is 4. The van der Waals surface area contributed by atoms with Crippen molar-refractivity contribution in [1.29, 1.82) is 0 Å². The number of halogens is 3. The van der Waals surface area contributed by atoms with Gasteiger partial charge in [0.15, 0.2) is 5.82 Å². The molecule has 7 nitrogen and oxygen atoms in total. The molecule has 4 rings (SSSR count). The summed E-state index contributed by atoms with van der Waals surface area (Å²) in [5, 5.41) is 7.34. The Morgan fingerprint density at radius 1 is 1.25 bits per heavy atom. The molecular formula is C18H19F3N6O. The molecule has 1 fully saturated rings. The zero-order valence-electron chi connectivity index (χ0n) is 14.9. The van der Waals surface area contributed by atoms with Crippen LogP contribution in [-0.2, 0) is 6.18 Å². The predicted molar refractivity (Wildman–Crippen MR) is 96.5 cm³/mol. The molecule has 2 aromatic rings. The van der Waals surface area contributed by atoms with Gasteiger partial charge in [-0.15, -0.1) is 0 Å². The molecule has 0 bridgehead atoms. The third kappa shape index (κ3) is 3.71. The molecule has 0 radical (unpaired) electrons. The van der Waals surface area contributed by atoms with E-state index in [0.29, 0.717) is 5.92 Å². The molecular weight excluding hydrogens is 373 g/mol. The lowest BCUT2D eigenvalue weighted by Crippen LogP contribution is -2.28.